The molecule has 20 heavy (non-hydrogen) atoms. The Morgan fingerprint density at radius 3 is 2.55 bits per heavy atom. The van der Waals surface area contributed by atoms with Crippen LogP contribution < -0.4 is 10.5 Å². The number of ether oxygens (including phenoxy) is 1. The summed E-state index contributed by atoms with van der Waals surface area (Å²) in [5, 5.41) is 11.7. The van der Waals surface area contributed by atoms with E-state index < -0.39 is 0 Å². The van der Waals surface area contributed by atoms with Crippen LogP contribution in [0.15, 0.2) is 52.1 Å². The van der Waals surface area contributed by atoms with Crippen LogP contribution in [0.1, 0.15) is 16.7 Å². The lowest BCUT2D eigenvalue weighted by Gasteiger charge is -2.09. The van der Waals surface area contributed by atoms with E-state index in [-0.39, 0.29) is 5.84 Å². The highest BCUT2D eigenvalue weighted by Crippen LogP contribution is 2.19. The lowest BCUT2D eigenvalue weighted by molar-refractivity contribution is 0.306. The van der Waals surface area contributed by atoms with Crippen molar-refractivity contribution in [3.8, 4) is 5.75 Å². The molecule has 0 amide bonds. The molecule has 2 aromatic rings. The van der Waals surface area contributed by atoms with Crippen LogP contribution in [-0.4, -0.2) is 11.0 Å². The molecule has 0 bridgehead atoms. The molecule has 0 aliphatic heterocycles. The monoisotopic (exact) mass is 334 g/mol. The molecule has 0 aromatic heterocycles. The Kier molecular flexibility index (Phi) is 4.63. The second-order valence-electron chi connectivity index (χ2n) is 4.38. The van der Waals surface area contributed by atoms with Crippen molar-refractivity contribution in [2.45, 2.75) is 13.5 Å². The van der Waals surface area contributed by atoms with Gasteiger partial charge in [0.15, 0.2) is 5.84 Å². The molecule has 2 rings (SSSR count). The fourth-order valence-corrected chi connectivity index (χ4v) is 2.08. The Hall–Kier alpha value is -2.01. The van der Waals surface area contributed by atoms with E-state index in [1.165, 1.54) is 0 Å². The fourth-order valence-electron chi connectivity index (χ4n) is 1.81. The van der Waals surface area contributed by atoms with Gasteiger partial charge in [-0.25, -0.2) is 0 Å². The summed E-state index contributed by atoms with van der Waals surface area (Å²) in [6.07, 6.45) is 0. The normalized spacial score (nSPS) is 11.4. The smallest absolute Gasteiger partial charge is 0.170 e. The number of benzene rings is 2. The van der Waals surface area contributed by atoms with Crippen molar-refractivity contribution >= 4 is 21.8 Å². The molecular formula is C15H15BrN2O2. The van der Waals surface area contributed by atoms with Gasteiger partial charge in [0.2, 0.25) is 0 Å². The molecule has 0 saturated carbocycles. The van der Waals surface area contributed by atoms with E-state index in [0.717, 1.165) is 21.3 Å². The van der Waals surface area contributed by atoms with E-state index in [9.17, 15) is 0 Å². The summed E-state index contributed by atoms with van der Waals surface area (Å²) in [5.74, 6) is 0.849. The molecule has 0 aliphatic rings. The van der Waals surface area contributed by atoms with Crippen LogP contribution in [0.25, 0.3) is 0 Å². The van der Waals surface area contributed by atoms with Gasteiger partial charge in [-0.2, -0.15) is 0 Å². The summed E-state index contributed by atoms with van der Waals surface area (Å²) >= 11 is 3.39. The number of nitrogens with two attached hydrogens (primary N) is 1. The number of amidine groups is 1. The molecule has 0 heterocycles. The van der Waals surface area contributed by atoms with Gasteiger partial charge in [-0.3, -0.25) is 0 Å². The minimum absolute atomic E-state index is 0.0990. The number of rotatable bonds is 4. The van der Waals surface area contributed by atoms with Crippen molar-refractivity contribution in [2.75, 3.05) is 0 Å². The summed E-state index contributed by atoms with van der Waals surface area (Å²) < 4.78 is 6.76. The molecule has 0 atom stereocenters. The maximum absolute atomic E-state index is 8.68. The third-order valence-electron chi connectivity index (χ3n) is 2.90. The zero-order chi connectivity index (χ0) is 14.5. The average molecular weight is 335 g/mol. The van der Waals surface area contributed by atoms with E-state index in [4.69, 9.17) is 15.7 Å². The second kappa shape index (κ2) is 6.43. The van der Waals surface area contributed by atoms with Crippen molar-refractivity contribution in [3.05, 3.63) is 63.6 Å². The van der Waals surface area contributed by atoms with Gasteiger partial charge in [0.05, 0.1) is 0 Å². The predicted molar refractivity (Wildman–Crippen MR) is 82.2 cm³/mol. The molecule has 0 radical (unpaired) electrons. The number of hydrogen-bond donors (Lipinski definition) is 2. The van der Waals surface area contributed by atoms with Crippen molar-refractivity contribution in [1.29, 1.82) is 0 Å². The van der Waals surface area contributed by atoms with Crippen LogP contribution in [0.2, 0.25) is 0 Å². The summed E-state index contributed by atoms with van der Waals surface area (Å²) in [4.78, 5) is 0. The zero-order valence-electron chi connectivity index (χ0n) is 11.0. The van der Waals surface area contributed by atoms with Gasteiger partial charge in [0.1, 0.15) is 12.4 Å². The van der Waals surface area contributed by atoms with Crippen LogP contribution in [0.5, 0.6) is 5.75 Å². The Labute approximate surface area is 126 Å². The summed E-state index contributed by atoms with van der Waals surface area (Å²) in [5.41, 5.74) is 8.26. The standard InChI is InChI=1S/C15H15BrN2O2/c1-10-8-13(6-7-14(10)15(17)18-19)20-9-11-2-4-12(16)5-3-11/h2-8,19H,9H2,1H3,(H2,17,18). The highest BCUT2D eigenvalue weighted by molar-refractivity contribution is 9.10. The molecule has 0 aliphatic carbocycles. The first-order valence-corrected chi connectivity index (χ1v) is 6.85. The average Bonchev–Trinajstić information content (AvgIpc) is 2.46. The predicted octanol–water partition coefficient (Wildman–Crippen LogP) is 3.43. The molecular weight excluding hydrogens is 320 g/mol. The number of hydrogen-bond acceptors (Lipinski definition) is 3. The molecule has 0 unspecified atom stereocenters. The maximum Gasteiger partial charge on any atom is 0.170 e. The van der Waals surface area contributed by atoms with E-state index in [2.05, 4.69) is 21.1 Å². The van der Waals surface area contributed by atoms with E-state index in [1.54, 1.807) is 12.1 Å². The van der Waals surface area contributed by atoms with Crippen LogP contribution in [0.4, 0.5) is 0 Å². The Morgan fingerprint density at radius 1 is 1.25 bits per heavy atom. The first-order chi connectivity index (χ1) is 9.60. The molecule has 3 N–H and O–H groups in total. The molecule has 0 saturated heterocycles. The first kappa shape index (κ1) is 14.4. The lowest BCUT2D eigenvalue weighted by Crippen LogP contribution is -2.14. The Morgan fingerprint density at radius 2 is 1.95 bits per heavy atom. The Balaban J connectivity index is 2.07. The number of halogens is 1. The van der Waals surface area contributed by atoms with Crippen LogP contribution in [-0.2, 0) is 6.61 Å². The quantitative estimate of drug-likeness (QED) is 0.389. The van der Waals surface area contributed by atoms with E-state index in [1.807, 2.05) is 37.3 Å². The van der Waals surface area contributed by atoms with Gasteiger partial charge < -0.3 is 15.7 Å². The minimum atomic E-state index is 0.0990. The number of nitrogens with zero attached hydrogens (tertiary/aromatic N) is 1. The Bertz CT molecular complexity index is 624. The summed E-state index contributed by atoms with van der Waals surface area (Å²) in [7, 11) is 0. The molecule has 5 heteroatoms. The molecule has 0 spiro atoms. The van der Waals surface area contributed by atoms with Crippen LogP contribution >= 0.6 is 15.9 Å². The van der Waals surface area contributed by atoms with E-state index in [0.29, 0.717) is 12.2 Å². The second-order valence-corrected chi connectivity index (χ2v) is 5.29. The topological polar surface area (TPSA) is 67.8 Å². The van der Waals surface area contributed by atoms with Crippen molar-refractivity contribution in [2.24, 2.45) is 10.9 Å². The molecule has 4 nitrogen and oxygen atoms in total. The SMILES string of the molecule is Cc1cc(OCc2ccc(Br)cc2)ccc1/C(N)=N/O. The van der Waals surface area contributed by atoms with Gasteiger partial charge in [0, 0.05) is 10.0 Å². The molecule has 0 fully saturated rings. The highest BCUT2D eigenvalue weighted by Gasteiger charge is 2.05. The van der Waals surface area contributed by atoms with Crippen molar-refractivity contribution in [3.63, 3.8) is 0 Å². The fraction of sp³-hybridized carbons (Fsp3) is 0.133. The number of oxime groups is 1. The van der Waals surface area contributed by atoms with Crippen LogP contribution in [0, 0.1) is 6.92 Å². The highest BCUT2D eigenvalue weighted by atomic mass is 79.9. The van der Waals surface area contributed by atoms with Crippen molar-refractivity contribution in [1.82, 2.24) is 0 Å². The minimum Gasteiger partial charge on any atom is -0.489 e. The maximum atomic E-state index is 8.68. The molecule has 104 valence electrons. The van der Waals surface area contributed by atoms with Gasteiger partial charge >= 0.3 is 0 Å². The van der Waals surface area contributed by atoms with Gasteiger partial charge in [-0.15, -0.1) is 0 Å². The third-order valence-corrected chi connectivity index (χ3v) is 3.43. The summed E-state index contributed by atoms with van der Waals surface area (Å²) in [6, 6.07) is 13.4. The van der Waals surface area contributed by atoms with Crippen LogP contribution in [0.3, 0.4) is 0 Å². The van der Waals surface area contributed by atoms with Crippen molar-refractivity contribution < 1.29 is 9.94 Å². The van der Waals surface area contributed by atoms with E-state index >= 15 is 0 Å². The van der Waals surface area contributed by atoms with Gasteiger partial charge in [-0.1, -0.05) is 33.2 Å². The first-order valence-electron chi connectivity index (χ1n) is 6.06. The largest absolute Gasteiger partial charge is 0.489 e. The number of aryl methyl sites for hydroxylation is 1. The lowest BCUT2D eigenvalue weighted by atomic mass is 10.1. The summed E-state index contributed by atoms with van der Waals surface area (Å²) in [6.45, 7) is 2.38. The zero-order valence-corrected chi connectivity index (χ0v) is 12.6. The molecule has 2 aromatic carbocycles. The van der Waals surface area contributed by atoms with Gasteiger partial charge in [0.25, 0.3) is 0 Å². The third kappa shape index (κ3) is 3.51. The van der Waals surface area contributed by atoms with Gasteiger partial charge in [-0.05, 0) is 48.4 Å².